The fourth-order valence-corrected chi connectivity index (χ4v) is 1.20. The molecule has 1 rings (SSSR count). The second kappa shape index (κ2) is 5.41. The molecule has 1 unspecified atom stereocenters. The van der Waals surface area contributed by atoms with Crippen molar-refractivity contribution in [3.8, 4) is 0 Å². The van der Waals surface area contributed by atoms with E-state index in [0.29, 0.717) is 6.42 Å². The Bertz CT molecular complexity index is 332. The number of aliphatic hydroxyl groups excluding tert-OH is 1. The Kier molecular flexibility index (Phi) is 4.19. The summed E-state index contributed by atoms with van der Waals surface area (Å²) in [5.41, 5.74) is -0.0891. The normalized spacial score (nSPS) is 19.4. The summed E-state index contributed by atoms with van der Waals surface area (Å²) in [5, 5.41) is 8.47. The van der Waals surface area contributed by atoms with Gasteiger partial charge in [0, 0.05) is 18.6 Å². The van der Waals surface area contributed by atoms with Crippen LogP contribution in [-0.4, -0.2) is 36.2 Å². The van der Waals surface area contributed by atoms with E-state index in [1.807, 2.05) is 0 Å². The topological polar surface area (TPSA) is 89.9 Å². The molecule has 0 radical (unpaired) electrons. The Balaban J connectivity index is 2.48. The second-order valence-electron chi connectivity index (χ2n) is 3.29. The van der Waals surface area contributed by atoms with Gasteiger partial charge < -0.3 is 14.6 Å². The van der Waals surface area contributed by atoms with Crippen molar-refractivity contribution in [3.05, 3.63) is 12.2 Å². The van der Waals surface area contributed by atoms with Crippen molar-refractivity contribution >= 4 is 17.9 Å². The molecule has 0 aliphatic carbocycles. The fourth-order valence-electron chi connectivity index (χ4n) is 1.20. The first-order valence-electron chi connectivity index (χ1n) is 4.77. The summed E-state index contributed by atoms with van der Waals surface area (Å²) in [6, 6.07) is 0. The number of carbonyl (C=O) groups excluding carboxylic acids is 3. The fraction of sp³-hybridized carbons (Fsp3) is 0.500. The average Bonchev–Trinajstić information content (AvgIpc) is 2.57. The zero-order valence-electron chi connectivity index (χ0n) is 8.60. The van der Waals surface area contributed by atoms with E-state index in [2.05, 4.69) is 11.3 Å². The molecule has 6 nitrogen and oxygen atoms in total. The summed E-state index contributed by atoms with van der Waals surface area (Å²) in [4.78, 5) is 33.2. The van der Waals surface area contributed by atoms with Crippen LogP contribution in [0.4, 0.5) is 0 Å². The molecule has 1 saturated heterocycles. The summed E-state index contributed by atoms with van der Waals surface area (Å²) in [6.45, 7) is 3.36. The van der Waals surface area contributed by atoms with Crippen LogP contribution in [0.1, 0.15) is 12.8 Å². The lowest BCUT2D eigenvalue weighted by molar-refractivity contribution is -0.153. The minimum Gasteiger partial charge on any atom is -0.462 e. The zero-order valence-corrected chi connectivity index (χ0v) is 8.60. The van der Waals surface area contributed by atoms with Crippen LogP contribution in [0.2, 0.25) is 0 Å². The Hall–Kier alpha value is -1.69. The summed E-state index contributed by atoms with van der Waals surface area (Å²) in [5.74, 6) is -3.12. The molecule has 0 aromatic carbocycles. The molecule has 1 atom stereocenters. The summed E-state index contributed by atoms with van der Waals surface area (Å²) in [7, 11) is 0. The van der Waals surface area contributed by atoms with E-state index in [-0.39, 0.29) is 25.2 Å². The van der Waals surface area contributed by atoms with E-state index in [4.69, 9.17) is 9.84 Å². The summed E-state index contributed by atoms with van der Waals surface area (Å²) >= 11 is 0. The van der Waals surface area contributed by atoms with E-state index >= 15 is 0 Å². The van der Waals surface area contributed by atoms with Crippen LogP contribution >= 0.6 is 0 Å². The van der Waals surface area contributed by atoms with Gasteiger partial charge in [0.25, 0.3) is 0 Å². The van der Waals surface area contributed by atoms with Crippen molar-refractivity contribution in [1.82, 2.24) is 0 Å². The number of hydrogen-bond donors (Lipinski definition) is 1. The first-order chi connectivity index (χ1) is 7.56. The lowest BCUT2D eigenvalue weighted by atomic mass is 9.99. The van der Waals surface area contributed by atoms with Gasteiger partial charge in [0.1, 0.15) is 0 Å². The highest BCUT2D eigenvalue weighted by Gasteiger charge is 2.38. The SMILES string of the molecule is C=C(C(=O)OCCCO)C1CC(=O)OC1=O. The van der Waals surface area contributed by atoms with Crippen molar-refractivity contribution < 1.29 is 29.0 Å². The van der Waals surface area contributed by atoms with Crippen LogP contribution in [0.3, 0.4) is 0 Å². The molecular formula is C10H12O6. The van der Waals surface area contributed by atoms with Gasteiger partial charge in [0.15, 0.2) is 0 Å². The van der Waals surface area contributed by atoms with Crippen LogP contribution < -0.4 is 0 Å². The maximum atomic E-state index is 11.3. The minimum atomic E-state index is -0.936. The number of cyclic esters (lactones) is 2. The molecule has 1 aliphatic heterocycles. The highest BCUT2D eigenvalue weighted by atomic mass is 16.6. The largest absolute Gasteiger partial charge is 0.462 e. The van der Waals surface area contributed by atoms with Gasteiger partial charge in [-0.1, -0.05) is 6.58 Å². The molecule has 1 aliphatic rings. The Morgan fingerprint density at radius 3 is 2.75 bits per heavy atom. The third-order valence-corrected chi connectivity index (χ3v) is 2.09. The number of hydrogen-bond acceptors (Lipinski definition) is 6. The number of carbonyl (C=O) groups is 3. The Labute approximate surface area is 91.8 Å². The molecule has 1 fully saturated rings. The van der Waals surface area contributed by atoms with Crippen molar-refractivity contribution in [2.24, 2.45) is 5.92 Å². The van der Waals surface area contributed by atoms with E-state index in [9.17, 15) is 14.4 Å². The first-order valence-corrected chi connectivity index (χ1v) is 4.77. The molecule has 0 saturated carbocycles. The Morgan fingerprint density at radius 1 is 1.56 bits per heavy atom. The molecule has 16 heavy (non-hydrogen) atoms. The highest BCUT2D eigenvalue weighted by Crippen LogP contribution is 2.23. The van der Waals surface area contributed by atoms with Gasteiger partial charge in [-0.2, -0.15) is 0 Å². The smallest absolute Gasteiger partial charge is 0.334 e. The standard InChI is InChI=1S/C10H12O6/c1-6(9(13)15-4-2-3-11)7-5-8(12)16-10(7)14/h7,11H,1-5H2. The maximum absolute atomic E-state index is 11.3. The van der Waals surface area contributed by atoms with Crippen LogP contribution in [0.5, 0.6) is 0 Å². The summed E-state index contributed by atoms with van der Waals surface area (Å²) in [6.07, 6.45) is 0.139. The summed E-state index contributed by atoms with van der Waals surface area (Å²) < 4.78 is 9.01. The van der Waals surface area contributed by atoms with E-state index in [1.165, 1.54) is 0 Å². The molecule has 0 aromatic rings. The molecule has 0 spiro atoms. The number of aliphatic hydroxyl groups is 1. The first kappa shape index (κ1) is 12.4. The van der Waals surface area contributed by atoms with Crippen LogP contribution in [0.25, 0.3) is 0 Å². The third kappa shape index (κ3) is 2.90. The predicted octanol–water partition coefficient (Wildman–Crippen LogP) is -0.442. The molecule has 6 heteroatoms. The van der Waals surface area contributed by atoms with Crippen molar-refractivity contribution in [1.29, 1.82) is 0 Å². The maximum Gasteiger partial charge on any atom is 0.334 e. The lowest BCUT2D eigenvalue weighted by Gasteiger charge is -2.08. The van der Waals surface area contributed by atoms with Gasteiger partial charge in [-0.05, 0) is 0 Å². The average molecular weight is 228 g/mol. The van der Waals surface area contributed by atoms with Crippen LogP contribution in [0, 0.1) is 5.92 Å². The number of ether oxygens (including phenoxy) is 2. The molecule has 88 valence electrons. The van der Waals surface area contributed by atoms with Crippen LogP contribution in [-0.2, 0) is 23.9 Å². The molecule has 0 bridgehead atoms. The molecular weight excluding hydrogens is 216 g/mol. The van der Waals surface area contributed by atoms with E-state index in [1.54, 1.807) is 0 Å². The minimum absolute atomic E-state index is 0.0457. The van der Waals surface area contributed by atoms with Crippen molar-refractivity contribution in [3.63, 3.8) is 0 Å². The molecule has 0 amide bonds. The second-order valence-corrected chi connectivity index (χ2v) is 3.29. The van der Waals surface area contributed by atoms with Gasteiger partial charge in [0.2, 0.25) is 0 Å². The van der Waals surface area contributed by atoms with Gasteiger partial charge >= 0.3 is 17.9 Å². The predicted molar refractivity (Wildman–Crippen MR) is 51.0 cm³/mol. The van der Waals surface area contributed by atoms with E-state index in [0.717, 1.165) is 0 Å². The van der Waals surface area contributed by atoms with Gasteiger partial charge in [0.05, 0.1) is 18.9 Å². The monoisotopic (exact) mass is 228 g/mol. The highest BCUT2D eigenvalue weighted by molar-refractivity contribution is 6.03. The van der Waals surface area contributed by atoms with Gasteiger partial charge in [-0.25, -0.2) is 4.79 Å². The van der Waals surface area contributed by atoms with Crippen molar-refractivity contribution in [2.75, 3.05) is 13.2 Å². The van der Waals surface area contributed by atoms with Gasteiger partial charge in [-0.3, -0.25) is 9.59 Å². The van der Waals surface area contributed by atoms with E-state index < -0.39 is 23.8 Å². The Morgan fingerprint density at radius 2 is 2.25 bits per heavy atom. The number of rotatable bonds is 5. The third-order valence-electron chi connectivity index (χ3n) is 2.09. The lowest BCUT2D eigenvalue weighted by Crippen LogP contribution is -2.19. The molecule has 0 aromatic heterocycles. The molecule has 1 heterocycles. The quantitative estimate of drug-likeness (QED) is 0.297. The van der Waals surface area contributed by atoms with Crippen molar-refractivity contribution in [2.45, 2.75) is 12.8 Å². The zero-order chi connectivity index (χ0) is 12.1. The van der Waals surface area contributed by atoms with Crippen LogP contribution in [0.15, 0.2) is 12.2 Å². The number of esters is 3. The van der Waals surface area contributed by atoms with Gasteiger partial charge in [-0.15, -0.1) is 0 Å². The molecule has 1 N–H and O–H groups in total.